The summed E-state index contributed by atoms with van der Waals surface area (Å²) in [6.07, 6.45) is 0. The third kappa shape index (κ3) is 3.41. The molecule has 0 N–H and O–H groups in total. The first-order valence-electron chi connectivity index (χ1n) is 5.98. The SMILES string of the molecule is CC(C)(C)n1nnnc1SCC(=O)c1ccccc1. The van der Waals surface area contributed by atoms with Gasteiger partial charge in [0.2, 0.25) is 5.16 Å². The highest BCUT2D eigenvalue weighted by Gasteiger charge is 2.20. The van der Waals surface area contributed by atoms with Gasteiger partial charge >= 0.3 is 0 Å². The zero-order valence-corrected chi connectivity index (χ0v) is 12.0. The van der Waals surface area contributed by atoms with Crippen molar-refractivity contribution in [3.63, 3.8) is 0 Å². The van der Waals surface area contributed by atoms with Crippen molar-refractivity contribution in [2.45, 2.75) is 31.5 Å². The Labute approximate surface area is 116 Å². The van der Waals surface area contributed by atoms with Gasteiger partial charge in [-0.2, -0.15) is 0 Å². The molecule has 100 valence electrons. The highest BCUT2D eigenvalue weighted by atomic mass is 32.2. The highest BCUT2D eigenvalue weighted by Crippen LogP contribution is 2.22. The average Bonchev–Trinajstić information content (AvgIpc) is 2.85. The fourth-order valence-electron chi connectivity index (χ4n) is 1.53. The third-order valence-corrected chi connectivity index (χ3v) is 3.42. The van der Waals surface area contributed by atoms with E-state index in [1.807, 2.05) is 51.1 Å². The minimum absolute atomic E-state index is 0.0778. The number of aromatic nitrogens is 4. The van der Waals surface area contributed by atoms with Crippen LogP contribution < -0.4 is 0 Å². The van der Waals surface area contributed by atoms with E-state index in [0.29, 0.717) is 16.5 Å². The van der Waals surface area contributed by atoms with Crippen LogP contribution in [0.3, 0.4) is 0 Å². The lowest BCUT2D eigenvalue weighted by molar-refractivity contribution is 0.102. The Bertz CT molecular complexity index is 560. The summed E-state index contributed by atoms with van der Waals surface area (Å²) in [5.41, 5.74) is 0.520. The van der Waals surface area contributed by atoms with Gasteiger partial charge in [0, 0.05) is 5.56 Å². The smallest absolute Gasteiger partial charge is 0.210 e. The molecule has 0 spiro atoms. The molecule has 0 bridgehead atoms. The number of rotatable bonds is 4. The minimum atomic E-state index is -0.193. The topological polar surface area (TPSA) is 60.7 Å². The summed E-state index contributed by atoms with van der Waals surface area (Å²) in [6, 6.07) is 9.24. The molecule has 6 heteroatoms. The molecule has 5 nitrogen and oxygen atoms in total. The van der Waals surface area contributed by atoms with Gasteiger partial charge in [0.1, 0.15) is 0 Å². The zero-order valence-electron chi connectivity index (χ0n) is 11.2. The molecule has 1 heterocycles. The Morgan fingerprint density at radius 3 is 2.58 bits per heavy atom. The Morgan fingerprint density at radius 1 is 1.26 bits per heavy atom. The molecule has 0 atom stereocenters. The molecule has 2 aromatic rings. The molecule has 0 unspecified atom stereocenters. The first-order valence-corrected chi connectivity index (χ1v) is 6.97. The number of Topliss-reactive ketones (excluding diaryl/α,β-unsaturated/α-hetero) is 1. The van der Waals surface area contributed by atoms with Crippen LogP contribution in [0.5, 0.6) is 0 Å². The second kappa shape index (κ2) is 5.52. The standard InChI is InChI=1S/C13H16N4OS/c1-13(2,3)17-12(14-15-16-17)19-9-11(18)10-7-5-4-6-8-10/h4-8H,9H2,1-3H3. The van der Waals surface area contributed by atoms with Gasteiger partial charge in [-0.25, -0.2) is 4.68 Å². The molecule has 0 aliphatic rings. The van der Waals surface area contributed by atoms with Gasteiger partial charge in [0.15, 0.2) is 5.78 Å². The molecular formula is C13H16N4OS. The van der Waals surface area contributed by atoms with E-state index in [-0.39, 0.29) is 11.3 Å². The largest absolute Gasteiger partial charge is 0.293 e. The molecule has 0 amide bonds. The number of tetrazole rings is 1. The lowest BCUT2D eigenvalue weighted by atomic mass is 10.1. The van der Waals surface area contributed by atoms with E-state index in [0.717, 1.165) is 0 Å². The van der Waals surface area contributed by atoms with Gasteiger partial charge in [-0.1, -0.05) is 42.1 Å². The normalized spacial score (nSPS) is 11.5. The van der Waals surface area contributed by atoms with E-state index in [1.54, 1.807) is 4.68 Å². The van der Waals surface area contributed by atoms with E-state index >= 15 is 0 Å². The number of hydrogen-bond donors (Lipinski definition) is 0. The second-order valence-electron chi connectivity index (χ2n) is 5.12. The Morgan fingerprint density at radius 2 is 1.95 bits per heavy atom. The van der Waals surface area contributed by atoms with Crippen molar-refractivity contribution < 1.29 is 4.79 Å². The van der Waals surface area contributed by atoms with Crippen molar-refractivity contribution in [2.75, 3.05) is 5.75 Å². The molecule has 0 saturated heterocycles. The molecule has 0 aliphatic carbocycles. The van der Waals surface area contributed by atoms with Crippen LogP contribution in [0.15, 0.2) is 35.5 Å². The number of carbonyl (C=O) groups excluding carboxylic acids is 1. The number of benzene rings is 1. The molecule has 2 rings (SSSR count). The van der Waals surface area contributed by atoms with Crippen LogP contribution in [0.25, 0.3) is 0 Å². The predicted molar refractivity (Wildman–Crippen MR) is 74.3 cm³/mol. The fourth-order valence-corrected chi connectivity index (χ4v) is 2.48. The summed E-state index contributed by atoms with van der Waals surface area (Å²) in [4.78, 5) is 12.0. The van der Waals surface area contributed by atoms with Crippen LogP contribution in [-0.4, -0.2) is 31.7 Å². The molecule has 1 aromatic heterocycles. The van der Waals surface area contributed by atoms with Crippen LogP contribution in [-0.2, 0) is 5.54 Å². The molecule has 0 fully saturated rings. The maximum Gasteiger partial charge on any atom is 0.210 e. The van der Waals surface area contributed by atoms with Crippen molar-refractivity contribution in [1.29, 1.82) is 0 Å². The third-order valence-electron chi connectivity index (χ3n) is 2.50. The van der Waals surface area contributed by atoms with Crippen LogP contribution in [0.2, 0.25) is 0 Å². The molecule has 0 aliphatic heterocycles. The molecule has 1 aromatic carbocycles. The maximum absolute atomic E-state index is 12.0. The molecular weight excluding hydrogens is 260 g/mol. The fraction of sp³-hybridized carbons (Fsp3) is 0.385. The van der Waals surface area contributed by atoms with Crippen LogP contribution in [0.1, 0.15) is 31.1 Å². The van der Waals surface area contributed by atoms with Crippen molar-refractivity contribution >= 4 is 17.5 Å². The summed E-state index contributed by atoms with van der Waals surface area (Å²) in [6.45, 7) is 6.06. The average molecular weight is 276 g/mol. The van der Waals surface area contributed by atoms with Gasteiger partial charge in [-0.15, -0.1) is 5.10 Å². The summed E-state index contributed by atoms with van der Waals surface area (Å²) in [5.74, 6) is 0.412. The van der Waals surface area contributed by atoms with E-state index in [1.165, 1.54) is 11.8 Å². The molecule has 0 radical (unpaired) electrons. The zero-order chi connectivity index (χ0) is 13.9. The summed E-state index contributed by atoms with van der Waals surface area (Å²) < 4.78 is 1.73. The van der Waals surface area contributed by atoms with Gasteiger partial charge in [0.05, 0.1) is 11.3 Å². The van der Waals surface area contributed by atoms with Gasteiger partial charge in [-0.05, 0) is 31.2 Å². The first-order chi connectivity index (χ1) is 8.98. The number of nitrogens with zero attached hydrogens (tertiary/aromatic N) is 4. The van der Waals surface area contributed by atoms with Crippen LogP contribution in [0.4, 0.5) is 0 Å². The number of carbonyl (C=O) groups is 1. The first kappa shape index (κ1) is 13.7. The van der Waals surface area contributed by atoms with Gasteiger partial charge < -0.3 is 0 Å². The van der Waals surface area contributed by atoms with E-state index in [9.17, 15) is 4.79 Å². The minimum Gasteiger partial charge on any atom is -0.293 e. The monoisotopic (exact) mass is 276 g/mol. The number of hydrogen-bond acceptors (Lipinski definition) is 5. The van der Waals surface area contributed by atoms with E-state index < -0.39 is 0 Å². The van der Waals surface area contributed by atoms with E-state index in [4.69, 9.17) is 0 Å². The highest BCUT2D eigenvalue weighted by molar-refractivity contribution is 7.99. The predicted octanol–water partition coefficient (Wildman–Crippen LogP) is 2.40. The lowest BCUT2D eigenvalue weighted by Gasteiger charge is -2.19. The van der Waals surface area contributed by atoms with Crippen molar-refractivity contribution in [2.24, 2.45) is 0 Å². The van der Waals surface area contributed by atoms with Crippen molar-refractivity contribution in [3.05, 3.63) is 35.9 Å². The molecule has 19 heavy (non-hydrogen) atoms. The lowest BCUT2D eigenvalue weighted by Crippen LogP contribution is -2.24. The Hall–Kier alpha value is -1.69. The van der Waals surface area contributed by atoms with Gasteiger partial charge in [0.25, 0.3) is 0 Å². The maximum atomic E-state index is 12.0. The number of thioether (sulfide) groups is 1. The summed E-state index contributed by atoms with van der Waals surface area (Å²) in [7, 11) is 0. The second-order valence-corrected chi connectivity index (χ2v) is 6.06. The van der Waals surface area contributed by atoms with Crippen LogP contribution in [0, 0.1) is 0 Å². The van der Waals surface area contributed by atoms with Crippen molar-refractivity contribution in [3.8, 4) is 0 Å². The molecule has 0 saturated carbocycles. The summed E-state index contributed by atoms with van der Waals surface area (Å²) in [5, 5.41) is 12.3. The van der Waals surface area contributed by atoms with E-state index in [2.05, 4.69) is 15.5 Å². The van der Waals surface area contributed by atoms with Crippen molar-refractivity contribution in [1.82, 2.24) is 20.2 Å². The summed E-state index contributed by atoms with van der Waals surface area (Å²) >= 11 is 1.36. The van der Waals surface area contributed by atoms with Gasteiger partial charge in [-0.3, -0.25) is 4.79 Å². The van der Waals surface area contributed by atoms with Crippen LogP contribution >= 0.6 is 11.8 Å². The quantitative estimate of drug-likeness (QED) is 0.634. The number of ketones is 1. The Balaban J connectivity index is 2.04. The Kier molecular flexibility index (Phi) is 3.99.